The highest BCUT2D eigenvalue weighted by molar-refractivity contribution is 5.98. The number of rotatable bonds is 3. The molecule has 20 heavy (non-hydrogen) atoms. The van der Waals surface area contributed by atoms with Crippen LogP contribution in [0, 0.1) is 5.92 Å². The molecule has 4 N–H and O–H groups in total. The third-order valence-corrected chi connectivity index (χ3v) is 3.72. The highest BCUT2D eigenvalue weighted by Gasteiger charge is 2.34. The fourth-order valence-electron chi connectivity index (χ4n) is 2.42. The van der Waals surface area contributed by atoms with Gasteiger partial charge in [-0.05, 0) is 24.5 Å². The van der Waals surface area contributed by atoms with Crippen LogP contribution in [0.3, 0.4) is 0 Å². The first-order valence-electron chi connectivity index (χ1n) is 6.44. The van der Waals surface area contributed by atoms with Crippen molar-refractivity contribution in [2.45, 2.75) is 19.4 Å². The molecule has 0 spiro atoms. The number of carbonyl (C=O) groups excluding carboxylic acids is 1. The summed E-state index contributed by atoms with van der Waals surface area (Å²) in [4.78, 5) is 18.0. The second kappa shape index (κ2) is 5.87. The average molecular weight is 278 g/mol. The first-order valence-corrected chi connectivity index (χ1v) is 6.44. The zero-order valence-corrected chi connectivity index (χ0v) is 11.2. The van der Waals surface area contributed by atoms with E-state index in [1.165, 1.54) is 12.3 Å². The smallest absolute Gasteiger partial charge is 0.272 e. The second-order valence-electron chi connectivity index (χ2n) is 4.93. The number of likely N-dealkylation sites (tertiary alicyclic amines) is 1. The molecule has 2 rings (SSSR count). The van der Waals surface area contributed by atoms with Crippen molar-refractivity contribution in [3.8, 4) is 0 Å². The third-order valence-electron chi connectivity index (χ3n) is 3.72. The van der Waals surface area contributed by atoms with Gasteiger partial charge in [-0.25, -0.2) is 0 Å². The van der Waals surface area contributed by atoms with Crippen LogP contribution < -0.4 is 5.73 Å². The molecule has 2 unspecified atom stereocenters. The summed E-state index contributed by atoms with van der Waals surface area (Å²) in [6, 6.07) is 2.95. The lowest BCUT2D eigenvalue weighted by Gasteiger charge is -2.24. The van der Waals surface area contributed by atoms with Gasteiger partial charge in [-0.15, -0.1) is 0 Å². The summed E-state index contributed by atoms with van der Waals surface area (Å²) in [5, 5.41) is 20.8. The Kier molecular flexibility index (Phi) is 4.19. The number of carbonyl (C=O) groups is 1. The molecule has 1 aliphatic rings. The van der Waals surface area contributed by atoms with Gasteiger partial charge >= 0.3 is 0 Å². The van der Waals surface area contributed by atoms with E-state index < -0.39 is 0 Å². The highest BCUT2D eigenvalue weighted by Crippen LogP contribution is 2.24. The lowest BCUT2D eigenvalue weighted by molar-refractivity contribution is 0.0642. The molecule has 0 bridgehead atoms. The molecule has 1 amide bonds. The predicted octanol–water partition coefficient (Wildman–Crippen LogP) is 0.0190. The molecule has 1 saturated heterocycles. The molecule has 1 fully saturated rings. The van der Waals surface area contributed by atoms with Crippen LogP contribution in [0.1, 0.15) is 29.4 Å². The van der Waals surface area contributed by atoms with Crippen molar-refractivity contribution in [1.29, 1.82) is 0 Å². The molecule has 108 valence electrons. The van der Waals surface area contributed by atoms with Crippen LogP contribution in [0.25, 0.3) is 0 Å². The van der Waals surface area contributed by atoms with Gasteiger partial charge in [0.05, 0.1) is 12.6 Å². The van der Waals surface area contributed by atoms with Crippen LogP contribution in [0.2, 0.25) is 0 Å². The quantitative estimate of drug-likeness (QED) is 0.312. The van der Waals surface area contributed by atoms with Gasteiger partial charge in [0.15, 0.2) is 5.84 Å². The summed E-state index contributed by atoms with van der Waals surface area (Å²) < 4.78 is 0. The molecule has 2 heterocycles. The maximum absolute atomic E-state index is 12.4. The number of hydrogen-bond acceptors (Lipinski definition) is 5. The molecule has 0 radical (unpaired) electrons. The van der Waals surface area contributed by atoms with Crippen molar-refractivity contribution in [3.05, 3.63) is 29.6 Å². The minimum absolute atomic E-state index is 0.0465. The van der Waals surface area contributed by atoms with Gasteiger partial charge in [-0.2, -0.15) is 0 Å². The summed E-state index contributed by atoms with van der Waals surface area (Å²) >= 11 is 0. The van der Waals surface area contributed by atoms with Crippen LogP contribution >= 0.6 is 0 Å². The summed E-state index contributed by atoms with van der Waals surface area (Å²) in [6.45, 7) is 2.59. The molecule has 0 saturated carbocycles. The van der Waals surface area contributed by atoms with E-state index in [1.807, 2.05) is 6.92 Å². The predicted molar refractivity (Wildman–Crippen MR) is 72.4 cm³/mol. The minimum atomic E-state index is -0.209. The zero-order valence-electron chi connectivity index (χ0n) is 11.2. The molecule has 1 aromatic rings. The van der Waals surface area contributed by atoms with Gasteiger partial charge < -0.3 is 20.9 Å². The number of oxime groups is 1. The van der Waals surface area contributed by atoms with E-state index in [-0.39, 0.29) is 36.0 Å². The number of pyridine rings is 1. The van der Waals surface area contributed by atoms with Gasteiger partial charge in [-0.3, -0.25) is 9.78 Å². The molecule has 7 heteroatoms. The summed E-state index contributed by atoms with van der Waals surface area (Å²) in [7, 11) is 0. The van der Waals surface area contributed by atoms with Crippen molar-refractivity contribution < 1.29 is 15.1 Å². The fourth-order valence-corrected chi connectivity index (χ4v) is 2.42. The highest BCUT2D eigenvalue weighted by atomic mass is 16.4. The normalized spacial score (nSPS) is 23.1. The first kappa shape index (κ1) is 14.3. The number of amidine groups is 1. The Morgan fingerprint density at radius 1 is 1.60 bits per heavy atom. The number of amides is 1. The Balaban J connectivity index is 2.17. The molecule has 7 nitrogen and oxygen atoms in total. The summed E-state index contributed by atoms with van der Waals surface area (Å²) in [5.41, 5.74) is 6.16. The van der Waals surface area contributed by atoms with E-state index in [0.717, 1.165) is 6.42 Å². The number of aliphatic hydroxyl groups excluding tert-OH is 1. The largest absolute Gasteiger partial charge is 0.409 e. The van der Waals surface area contributed by atoms with E-state index >= 15 is 0 Å². The minimum Gasteiger partial charge on any atom is -0.409 e. The lowest BCUT2D eigenvalue weighted by Crippen LogP contribution is -2.40. The summed E-state index contributed by atoms with van der Waals surface area (Å²) in [6.07, 6.45) is 2.26. The fraction of sp³-hybridized carbons (Fsp3) is 0.462. The van der Waals surface area contributed by atoms with Crippen molar-refractivity contribution in [3.63, 3.8) is 0 Å². The lowest BCUT2D eigenvalue weighted by atomic mass is 10.0. The number of nitrogens with zero attached hydrogens (tertiary/aromatic N) is 3. The van der Waals surface area contributed by atoms with Crippen molar-refractivity contribution in [2.75, 3.05) is 13.2 Å². The SMILES string of the molecule is CC1CCN(C(=O)c2ccc(/C(N)=N/O)cn2)C1CO. The van der Waals surface area contributed by atoms with Gasteiger partial charge in [-0.1, -0.05) is 12.1 Å². The first-order chi connectivity index (χ1) is 9.58. The molecular formula is C13H18N4O3. The van der Waals surface area contributed by atoms with E-state index in [9.17, 15) is 9.90 Å². The maximum Gasteiger partial charge on any atom is 0.272 e. The molecular weight excluding hydrogens is 260 g/mol. The summed E-state index contributed by atoms with van der Waals surface area (Å²) in [5.74, 6) is 0.0133. The van der Waals surface area contributed by atoms with E-state index in [2.05, 4.69) is 10.1 Å². The van der Waals surface area contributed by atoms with Crippen molar-refractivity contribution >= 4 is 11.7 Å². The number of aliphatic hydroxyl groups is 1. The van der Waals surface area contributed by atoms with E-state index in [0.29, 0.717) is 12.1 Å². The van der Waals surface area contributed by atoms with Crippen LogP contribution in [-0.2, 0) is 0 Å². The standard InChI is InChI=1S/C13H18N4O3/c1-8-4-5-17(11(8)7-18)13(19)10-3-2-9(6-15-10)12(14)16-20/h2-3,6,8,11,18,20H,4-5,7H2,1H3,(H2,14,16). The van der Waals surface area contributed by atoms with E-state index in [4.69, 9.17) is 10.9 Å². The van der Waals surface area contributed by atoms with Crippen molar-refractivity contribution in [2.24, 2.45) is 16.8 Å². The average Bonchev–Trinajstić information content (AvgIpc) is 2.86. The topological polar surface area (TPSA) is 112 Å². The van der Waals surface area contributed by atoms with Crippen LogP contribution in [0.5, 0.6) is 0 Å². The second-order valence-corrected chi connectivity index (χ2v) is 4.93. The Morgan fingerprint density at radius 2 is 2.35 bits per heavy atom. The Bertz CT molecular complexity index is 515. The van der Waals surface area contributed by atoms with Crippen molar-refractivity contribution in [1.82, 2.24) is 9.88 Å². The third kappa shape index (κ3) is 2.57. The monoisotopic (exact) mass is 278 g/mol. The zero-order chi connectivity index (χ0) is 14.7. The Labute approximate surface area is 116 Å². The van der Waals surface area contributed by atoms with Gasteiger partial charge in [0.2, 0.25) is 0 Å². The Hall–Kier alpha value is -2.15. The van der Waals surface area contributed by atoms with E-state index in [1.54, 1.807) is 11.0 Å². The van der Waals surface area contributed by atoms with Crippen LogP contribution in [0.4, 0.5) is 0 Å². The number of hydrogen-bond donors (Lipinski definition) is 3. The molecule has 1 aliphatic heterocycles. The molecule has 0 aliphatic carbocycles. The Morgan fingerprint density at radius 3 is 2.90 bits per heavy atom. The molecule has 0 aromatic carbocycles. The van der Waals surface area contributed by atoms with Gasteiger partial charge in [0.25, 0.3) is 5.91 Å². The number of nitrogens with two attached hydrogens (primary N) is 1. The maximum atomic E-state index is 12.4. The van der Waals surface area contributed by atoms with Gasteiger partial charge in [0, 0.05) is 18.3 Å². The molecule has 2 atom stereocenters. The molecule has 1 aromatic heterocycles. The number of aromatic nitrogens is 1. The van der Waals surface area contributed by atoms with Crippen LogP contribution in [-0.4, -0.2) is 51.1 Å². The van der Waals surface area contributed by atoms with Crippen LogP contribution in [0.15, 0.2) is 23.5 Å². The van der Waals surface area contributed by atoms with Gasteiger partial charge in [0.1, 0.15) is 5.69 Å².